The second-order valence-electron chi connectivity index (χ2n) is 6.68. The largest absolute Gasteiger partial charge is 0.356 e. The average molecular weight is 545 g/mol. The molecule has 0 bridgehead atoms. The van der Waals surface area contributed by atoms with E-state index in [1.807, 2.05) is 24.4 Å². The molecule has 2 aromatic heterocycles. The number of sulfonamides is 1. The molecule has 9 nitrogen and oxygen atoms in total. The van der Waals surface area contributed by atoms with Crippen LogP contribution in [0.15, 0.2) is 58.8 Å². The first-order chi connectivity index (χ1) is 14.1. The normalized spacial score (nSPS) is 15.4. The molecule has 0 aliphatic carbocycles. The van der Waals surface area contributed by atoms with Gasteiger partial charge in [0.1, 0.15) is 10.7 Å². The van der Waals surface area contributed by atoms with Gasteiger partial charge in [-0.25, -0.2) is 18.1 Å². The number of hydrogen-bond acceptors (Lipinski definition) is 6. The summed E-state index contributed by atoms with van der Waals surface area (Å²) in [5, 5.41) is 6.57. The van der Waals surface area contributed by atoms with Crippen molar-refractivity contribution >= 4 is 45.8 Å². The molecule has 1 saturated heterocycles. The maximum absolute atomic E-state index is 12.2. The molecule has 164 valence electrons. The van der Waals surface area contributed by atoms with E-state index in [1.54, 1.807) is 13.1 Å². The van der Waals surface area contributed by atoms with Crippen molar-refractivity contribution < 1.29 is 8.42 Å². The Labute approximate surface area is 194 Å². The summed E-state index contributed by atoms with van der Waals surface area (Å²) in [6.07, 6.45) is 6.63. The van der Waals surface area contributed by atoms with Gasteiger partial charge in [0, 0.05) is 57.9 Å². The Bertz CT molecular complexity index is 890. The van der Waals surface area contributed by atoms with E-state index in [1.165, 1.54) is 18.5 Å². The lowest BCUT2D eigenvalue weighted by Crippen LogP contribution is -2.49. The Morgan fingerprint density at radius 3 is 2.60 bits per heavy atom. The maximum Gasteiger partial charge on any atom is 0.242 e. The van der Waals surface area contributed by atoms with Gasteiger partial charge >= 0.3 is 0 Å². The molecule has 0 aromatic carbocycles. The highest BCUT2D eigenvalue weighted by Gasteiger charge is 2.20. The van der Waals surface area contributed by atoms with Crippen molar-refractivity contribution in [3.63, 3.8) is 0 Å². The summed E-state index contributed by atoms with van der Waals surface area (Å²) in [5.74, 6) is 1.68. The Morgan fingerprint density at radius 1 is 1.17 bits per heavy atom. The van der Waals surface area contributed by atoms with Crippen LogP contribution in [0.1, 0.15) is 12.8 Å². The fraction of sp³-hybridized carbons (Fsp3) is 0.421. The van der Waals surface area contributed by atoms with Gasteiger partial charge in [0.25, 0.3) is 0 Å². The third-order valence-corrected chi connectivity index (χ3v) is 6.13. The smallest absolute Gasteiger partial charge is 0.242 e. The molecule has 0 amide bonds. The van der Waals surface area contributed by atoms with Gasteiger partial charge in [0.05, 0.1) is 0 Å². The van der Waals surface area contributed by atoms with Gasteiger partial charge in [-0.1, -0.05) is 6.07 Å². The molecular formula is C19H28IN7O2S. The van der Waals surface area contributed by atoms with Crippen molar-refractivity contribution in [1.82, 2.24) is 25.3 Å². The Hall–Kier alpha value is -1.99. The predicted molar refractivity (Wildman–Crippen MR) is 129 cm³/mol. The Balaban J connectivity index is 0.00000320. The number of aromatic nitrogens is 2. The minimum absolute atomic E-state index is 0. The summed E-state index contributed by atoms with van der Waals surface area (Å²) in [5.41, 5.74) is 0. The van der Waals surface area contributed by atoms with Crippen LogP contribution in [0.4, 0.5) is 5.82 Å². The fourth-order valence-electron chi connectivity index (χ4n) is 3.14. The van der Waals surface area contributed by atoms with Crippen molar-refractivity contribution in [2.45, 2.75) is 23.8 Å². The molecule has 11 heteroatoms. The third-order valence-electron chi connectivity index (χ3n) is 4.69. The molecule has 0 unspecified atom stereocenters. The summed E-state index contributed by atoms with van der Waals surface area (Å²) in [7, 11) is -1.84. The minimum Gasteiger partial charge on any atom is -0.356 e. The van der Waals surface area contributed by atoms with E-state index in [0.29, 0.717) is 18.5 Å². The quantitative estimate of drug-likeness (QED) is 0.208. The summed E-state index contributed by atoms with van der Waals surface area (Å²) in [4.78, 5) is 14.9. The Kier molecular flexibility index (Phi) is 9.72. The van der Waals surface area contributed by atoms with Crippen LogP contribution in [-0.2, 0) is 10.0 Å². The summed E-state index contributed by atoms with van der Waals surface area (Å²) in [6, 6.07) is 9.37. The molecule has 1 fully saturated rings. The van der Waals surface area contributed by atoms with Gasteiger partial charge < -0.3 is 15.5 Å². The van der Waals surface area contributed by atoms with Gasteiger partial charge in [-0.05, 0) is 37.1 Å². The maximum atomic E-state index is 12.2. The van der Waals surface area contributed by atoms with Gasteiger partial charge in [0.15, 0.2) is 5.96 Å². The first kappa shape index (κ1) is 24.3. The molecule has 1 aliphatic rings. The number of halogens is 1. The number of nitrogens with zero attached hydrogens (tertiary/aromatic N) is 4. The van der Waals surface area contributed by atoms with Crippen LogP contribution in [0.2, 0.25) is 0 Å². The molecular weight excluding hydrogens is 517 g/mol. The number of anilines is 1. The summed E-state index contributed by atoms with van der Waals surface area (Å²) < 4.78 is 26.9. The molecule has 1 aliphatic heterocycles. The zero-order chi connectivity index (χ0) is 20.5. The van der Waals surface area contributed by atoms with Crippen LogP contribution in [0, 0.1) is 0 Å². The van der Waals surface area contributed by atoms with Gasteiger partial charge in [-0.15, -0.1) is 24.0 Å². The molecule has 2 aromatic rings. The van der Waals surface area contributed by atoms with E-state index in [-0.39, 0.29) is 35.4 Å². The van der Waals surface area contributed by atoms with E-state index in [0.717, 1.165) is 31.7 Å². The summed E-state index contributed by atoms with van der Waals surface area (Å²) >= 11 is 0. The number of hydrogen-bond donors (Lipinski definition) is 3. The zero-order valence-electron chi connectivity index (χ0n) is 16.9. The number of nitrogens with one attached hydrogen (secondary N) is 3. The van der Waals surface area contributed by atoms with Crippen LogP contribution in [-0.4, -0.2) is 63.6 Å². The predicted octanol–water partition coefficient (Wildman–Crippen LogP) is 1.21. The minimum atomic E-state index is -3.55. The van der Waals surface area contributed by atoms with E-state index in [2.05, 4.69) is 35.2 Å². The number of pyridine rings is 2. The van der Waals surface area contributed by atoms with Crippen LogP contribution in [0.25, 0.3) is 0 Å². The molecule has 0 spiro atoms. The summed E-state index contributed by atoms with van der Waals surface area (Å²) in [6.45, 7) is 2.52. The fourth-order valence-corrected chi connectivity index (χ4v) is 4.13. The number of guanidine groups is 1. The molecule has 0 saturated carbocycles. The first-order valence-corrected chi connectivity index (χ1v) is 11.1. The average Bonchev–Trinajstić information content (AvgIpc) is 2.77. The van der Waals surface area contributed by atoms with Crippen LogP contribution >= 0.6 is 24.0 Å². The van der Waals surface area contributed by atoms with E-state index in [4.69, 9.17) is 0 Å². The molecule has 3 heterocycles. The second kappa shape index (κ2) is 12.0. The molecule has 30 heavy (non-hydrogen) atoms. The van der Waals surface area contributed by atoms with E-state index >= 15 is 0 Å². The molecule has 3 rings (SSSR count). The Morgan fingerprint density at radius 2 is 1.97 bits per heavy atom. The zero-order valence-corrected chi connectivity index (χ0v) is 20.0. The lowest BCUT2D eigenvalue weighted by Gasteiger charge is -2.33. The molecule has 0 radical (unpaired) electrons. The second-order valence-corrected chi connectivity index (χ2v) is 8.45. The highest BCUT2D eigenvalue weighted by atomic mass is 127. The van der Waals surface area contributed by atoms with Gasteiger partial charge in [-0.2, -0.15) is 0 Å². The molecule has 3 N–H and O–H groups in total. The van der Waals surface area contributed by atoms with Crippen molar-refractivity contribution in [2.75, 3.05) is 38.1 Å². The SMILES string of the molecule is CN=C(NCCNS(=O)(=O)c1cccnc1)NC1CCN(c2ccccn2)CC1.I. The van der Waals surface area contributed by atoms with Crippen molar-refractivity contribution in [2.24, 2.45) is 4.99 Å². The highest BCUT2D eigenvalue weighted by molar-refractivity contribution is 14.0. The van der Waals surface area contributed by atoms with Crippen molar-refractivity contribution in [1.29, 1.82) is 0 Å². The highest BCUT2D eigenvalue weighted by Crippen LogP contribution is 2.17. The van der Waals surface area contributed by atoms with Crippen molar-refractivity contribution in [3.05, 3.63) is 48.9 Å². The number of piperidine rings is 1. The first-order valence-electron chi connectivity index (χ1n) is 9.61. The lowest BCUT2D eigenvalue weighted by atomic mass is 10.1. The van der Waals surface area contributed by atoms with Crippen LogP contribution < -0.4 is 20.3 Å². The number of rotatable bonds is 7. The van der Waals surface area contributed by atoms with Gasteiger partial charge in [0.2, 0.25) is 10.0 Å². The third kappa shape index (κ3) is 7.06. The van der Waals surface area contributed by atoms with E-state index < -0.39 is 10.0 Å². The van der Waals surface area contributed by atoms with Crippen molar-refractivity contribution in [3.8, 4) is 0 Å². The van der Waals surface area contributed by atoms with Gasteiger partial charge in [-0.3, -0.25) is 9.98 Å². The standard InChI is InChI=1S/C19H27N7O2S.HI/c1-20-19(23-11-12-24-29(27,28)17-5-4-9-21-15-17)25-16-7-13-26(14-8-16)18-6-2-3-10-22-18;/h2-6,9-10,15-16,24H,7-8,11-14H2,1H3,(H2,20,23,25);1H. The van der Waals surface area contributed by atoms with Crippen LogP contribution in [0.3, 0.4) is 0 Å². The molecule has 0 atom stereocenters. The van der Waals surface area contributed by atoms with Crippen LogP contribution in [0.5, 0.6) is 0 Å². The monoisotopic (exact) mass is 545 g/mol. The van der Waals surface area contributed by atoms with E-state index in [9.17, 15) is 8.42 Å². The lowest BCUT2D eigenvalue weighted by molar-refractivity contribution is 0.459. The topological polar surface area (TPSA) is 112 Å². The number of aliphatic imine (C=N–C) groups is 1.